The van der Waals surface area contributed by atoms with Crippen molar-refractivity contribution in [1.82, 2.24) is 4.90 Å². The second-order valence-electron chi connectivity index (χ2n) is 7.36. The number of carbonyl (C=O) groups is 2. The summed E-state index contributed by atoms with van der Waals surface area (Å²) in [4.78, 5) is 25.7. The second kappa shape index (κ2) is 8.32. The maximum absolute atomic E-state index is 13.3. The van der Waals surface area contributed by atoms with E-state index in [1.807, 2.05) is 0 Å². The van der Waals surface area contributed by atoms with Gasteiger partial charge in [0.25, 0.3) is 5.92 Å². The summed E-state index contributed by atoms with van der Waals surface area (Å²) >= 11 is 0.798. The van der Waals surface area contributed by atoms with Crippen LogP contribution in [0.15, 0.2) is 23.1 Å². The van der Waals surface area contributed by atoms with E-state index >= 15 is 0 Å². The summed E-state index contributed by atoms with van der Waals surface area (Å²) in [6, 6.07) is 2.30. The first-order valence-electron chi connectivity index (χ1n) is 9.28. The van der Waals surface area contributed by atoms with Crippen LogP contribution in [0.2, 0.25) is 0 Å². The second-order valence-corrected chi connectivity index (χ2v) is 8.71. The fraction of sp³-hybridized carbons (Fsp3) is 0.579. The van der Waals surface area contributed by atoms with Crippen LogP contribution >= 0.6 is 11.8 Å². The Hall–Kier alpha value is -1.91. The van der Waals surface area contributed by atoms with Gasteiger partial charge in [-0.25, -0.2) is 13.2 Å². The van der Waals surface area contributed by atoms with Gasteiger partial charge in [0.05, 0.1) is 37.1 Å². The molecule has 0 spiro atoms. The van der Waals surface area contributed by atoms with E-state index in [1.165, 1.54) is 0 Å². The minimum Gasteiger partial charge on any atom is -0.466 e. The summed E-state index contributed by atoms with van der Waals surface area (Å²) in [6.45, 7) is 0.129. The molecule has 2 fully saturated rings. The highest BCUT2D eigenvalue weighted by Crippen LogP contribution is 2.47. The number of nitrogens with zero attached hydrogens (tertiary/aromatic N) is 1. The minimum absolute atomic E-state index is 0.0315. The first-order valence-corrected chi connectivity index (χ1v) is 10.2. The predicted octanol–water partition coefficient (Wildman–Crippen LogP) is 4.37. The maximum Gasteiger partial charge on any atom is 0.417 e. The Bertz CT molecular complexity index is 823. The Balaban J connectivity index is 1.79. The number of hydrogen-bond acceptors (Lipinski definition) is 4. The van der Waals surface area contributed by atoms with Gasteiger partial charge in [-0.15, -0.1) is 11.8 Å². The number of rotatable bonds is 5. The summed E-state index contributed by atoms with van der Waals surface area (Å²) in [5.41, 5.74) is -1.14. The molecule has 0 radical (unpaired) electrons. The highest BCUT2D eigenvalue weighted by molar-refractivity contribution is 8.00. The summed E-state index contributed by atoms with van der Waals surface area (Å²) in [5, 5.41) is -0.568. The molecular formula is C19H19F6NO3S. The lowest BCUT2D eigenvalue weighted by atomic mass is 9.93. The molecule has 1 aliphatic carbocycles. The molecule has 0 N–H and O–H groups in total. The molecule has 1 amide bonds. The van der Waals surface area contributed by atoms with Gasteiger partial charge in [-0.2, -0.15) is 13.2 Å². The van der Waals surface area contributed by atoms with Gasteiger partial charge in [0, 0.05) is 10.1 Å². The Morgan fingerprint density at radius 2 is 1.83 bits per heavy atom. The van der Waals surface area contributed by atoms with E-state index in [1.54, 1.807) is 6.92 Å². The highest BCUT2D eigenvalue weighted by atomic mass is 32.2. The normalized spacial score (nSPS) is 25.7. The summed E-state index contributed by atoms with van der Waals surface area (Å²) in [6.07, 6.45) is -4.69. The third kappa shape index (κ3) is 4.87. The highest BCUT2D eigenvalue weighted by Gasteiger charge is 2.52. The molecule has 11 heteroatoms. The number of benzene rings is 1. The van der Waals surface area contributed by atoms with Crippen LogP contribution in [0.25, 0.3) is 0 Å². The van der Waals surface area contributed by atoms with Crippen molar-refractivity contribution in [3.8, 4) is 0 Å². The predicted molar refractivity (Wildman–Crippen MR) is 95.4 cm³/mol. The molecule has 166 valence electrons. The van der Waals surface area contributed by atoms with Gasteiger partial charge in [-0.05, 0) is 38.0 Å². The standard InChI is InChI=1S/C19H19F6NO3S/c1-2-29-17(28)13-7-11(6-12(13)16(27)26-8-18(21,22)9-26)30-15-4-3-10(20)5-14(15)19(23,24)25/h3-5,11-13H,2,6-9H2,1H3/t11-,12+,13+/m0/s1. The van der Waals surface area contributed by atoms with E-state index in [0.717, 1.165) is 28.8 Å². The van der Waals surface area contributed by atoms with Crippen LogP contribution in [0.3, 0.4) is 0 Å². The lowest BCUT2D eigenvalue weighted by Gasteiger charge is -2.40. The van der Waals surface area contributed by atoms with Crippen LogP contribution in [0.1, 0.15) is 25.3 Å². The third-order valence-corrected chi connectivity index (χ3v) is 6.45. The summed E-state index contributed by atoms with van der Waals surface area (Å²) in [5.74, 6) is -7.20. The maximum atomic E-state index is 13.3. The largest absolute Gasteiger partial charge is 0.466 e. The molecule has 1 aromatic rings. The number of alkyl halides is 5. The van der Waals surface area contributed by atoms with E-state index in [9.17, 15) is 35.9 Å². The number of hydrogen-bond donors (Lipinski definition) is 0. The fourth-order valence-electron chi connectivity index (χ4n) is 3.78. The number of amides is 1. The monoisotopic (exact) mass is 455 g/mol. The Labute approximate surface area is 172 Å². The molecule has 3 rings (SSSR count). The van der Waals surface area contributed by atoms with Gasteiger partial charge >= 0.3 is 12.1 Å². The first-order chi connectivity index (χ1) is 13.9. The van der Waals surface area contributed by atoms with Crippen molar-refractivity contribution in [1.29, 1.82) is 0 Å². The van der Waals surface area contributed by atoms with Crippen LogP contribution < -0.4 is 0 Å². The van der Waals surface area contributed by atoms with Crippen molar-refractivity contribution in [2.24, 2.45) is 11.8 Å². The number of likely N-dealkylation sites (tertiary alicyclic amines) is 1. The van der Waals surface area contributed by atoms with Crippen LogP contribution in [-0.2, 0) is 20.5 Å². The molecule has 4 nitrogen and oxygen atoms in total. The topological polar surface area (TPSA) is 46.6 Å². The number of thioether (sulfide) groups is 1. The van der Waals surface area contributed by atoms with Crippen molar-refractivity contribution >= 4 is 23.6 Å². The zero-order chi connectivity index (χ0) is 22.3. The van der Waals surface area contributed by atoms with Gasteiger partial charge in [0.15, 0.2) is 0 Å². The smallest absolute Gasteiger partial charge is 0.417 e. The third-order valence-electron chi connectivity index (χ3n) is 5.12. The molecule has 1 heterocycles. The van der Waals surface area contributed by atoms with Crippen molar-refractivity contribution in [2.75, 3.05) is 19.7 Å². The zero-order valence-electron chi connectivity index (χ0n) is 15.8. The van der Waals surface area contributed by atoms with Gasteiger partial charge in [-0.3, -0.25) is 9.59 Å². The van der Waals surface area contributed by atoms with E-state index in [0.29, 0.717) is 6.07 Å². The molecule has 1 saturated carbocycles. The van der Waals surface area contributed by atoms with Crippen LogP contribution in [0.4, 0.5) is 26.3 Å². The molecule has 1 aromatic carbocycles. The van der Waals surface area contributed by atoms with Gasteiger partial charge < -0.3 is 9.64 Å². The van der Waals surface area contributed by atoms with Gasteiger partial charge in [0.2, 0.25) is 5.91 Å². The van der Waals surface area contributed by atoms with Crippen molar-refractivity contribution < 1.29 is 40.7 Å². The Kier molecular flexibility index (Phi) is 6.31. The number of ether oxygens (including phenoxy) is 1. The van der Waals surface area contributed by atoms with Gasteiger partial charge in [0.1, 0.15) is 5.82 Å². The average Bonchev–Trinajstić information content (AvgIpc) is 3.04. The molecule has 30 heavy (non-hydrogen) atoms. The first kappa shape index (κ1) is 22.8. The molecule has 2 aliphatic rings. The lowest BCUT2D eigenvalue weighted by Crippen LogP contribution is -2.60. The minimum atomic E-state index is -4.78. The molecule has 1 aliphatic heterocycles. The molecule has 0 bridgehead atoms. The molecule has 1 saturated heterocycles. The van der Waals surface area contributed by atoms with Crippen LogP contribution in [-0.4, -0.2) is 47.6 Å². The van der Waals surface area contributed by atoms with E-state index in [4.69, 9.17) is 4.74 Å². The van der Waals surface area contributed by atoms with Crippen molar-refractivity contribution in [3.05, 3.63) is 29.6 Å². The molecule has 0 unspecified atom stereocenters. The summed E-state index contributed by atoms with van der Waals surface area (Å²) < 4.78 is 84.4. The van der Waals surface area contributed by atoms with E-state index in [2.05, 4.69) is 0 Å². The van der Waals surface area contributed by atoms with Crippen molar-refractivity contribution in [2.45, 2.75) is 42.0 Å². The van der Waals surface area contributed by atoms with E-state index < -0.39 is 65.5 Å². The molecule has 0 aromatic heterocycles. The number of halogens is 6. The SMILES string of the molecule is CCOC(=O)[C@@H]1C[C@@H](Sc2ccc(F)cc2C(F)(F)F)C[C@H]1C(=O)N1CC(F)(F)C1. The molecule has 3 atom stereocenters. The van der Waals surface area contributed by atoms with Crippen molar-refractivity contribution in [3.63, 3.8) is 0 Å². The van der Waals surface area contributed by atoms with Crippen LogP contribution in [0, 0.1) is 17.7 Å². The zero-order valence-corrected chi connectivity index (χ0v) is 16.7. The Morgan fingerprint density at radius 1 is 1.20 bits per heavy atom. The van der Waals surface area contributed by atoms with Crippen LogP contribution in [0.5, 0.6) is 0 Å². The van der Waals surface area contributed by atoms with E-state index in [-0.39, 0.29) is 24.3 Å². The fourth-order valence-corrected chi connectivity index (χ4v) is 5.19. The number of carbonyl (C=O) groups excluding carboxylic acids is 2. The lowest BCUT2D eigenvalue weighted by molar-refractivity contribution is -0.173. The number of esters is 1. The molecular weight excluding hydrogens is 436 g/mol. The quantitative estimate of drug-likeness (QED) is 0.489. The van der Waals surface area contributed by atoms with Gasteiger partial charge in [-0.1, -0.05) is 0 Å². The average molecular weight is 455 g/mol. The summed E-state index contributed by atoms with van der Waals surface area (Å²) in [7, 11) is 0. The Morgan fingerprint density at radius 3 is 2.40 bits per heavy atom.